The van der Waals surface area contributed by atoms with Gasteiger partial charge in [-0.3, -0.25) is 23.9 Å². The smallest absolute Gasteiger partial charge is 0.368 e. The third-order valence-corrected chi connectivity index (χ3v) is 7.87. The van der Waals surface area contributed by atoms with E-state index in [4.69, 9.17) is 4.74 Å². The second-order valence-electron chi connectivity index (χ2n) is 11.9. The summed E-state index contributed by atoms with van der Waals surface area (Å²) in [5.41, 5.74) is -0.895. The van der Waals surface area contributed by atoms with E-state index in [0.717, 1.165) is 6.42 Å². The van der Waals surface area contributed by atoms with E-state index in [1.54, 1.807) is 6.92 Å². The first-order chi connectivity index (χ1) is 17.0. The van der Waals surface area contributed by atoms with Crippen molar-refractivity contribution in [1.29, 1.82) is 0 Å². The molecule has 0 bridgehead atoms. The predicted molar refractivity (Wildman–Crippen MR) is 126 cm³/mol. The van der Waals surface area contributed by atoms with Crippen molar-refractivity contribution in [3.05, 3.63) is 0 Å². The Bertz CT molecular complexity index is 910. The third-order valence-electron chi connectivity index (χ3n) is 7.87. The van der Waals surface area contributed by atoms with Crippen LogP contribution in [-0.2, 0) is 28.7 Å². The van der Waals surface area contributed by atoms with Gasteiger partial charge in [-0.15, -0.1) is 13.2 Å². The Morgan fingerprint density at radius 2 is 1.76 bits per heavy atom. The zero-order valence-electron chi connectivity index (χ0n) is 22.2. The average molecular weight is 534 g/mol. The number of piperidine rings is 1. The highest BCUT2D eigenvalue weighted by molar-refractivity contribution is 5.96. The summed E-state index contributed by atoms with van der Waals surface area (Å²) in [6, 6.07) is -3.03. The van der Waals surface area contributed by atoms with Crippen molar-refractivity contribution < 1.29 is 41.8 Å². The molecule has 2 saturated heterocycles. The lowest BCUT2D eigenvalue weighted by molar-refractivity contribution is -0.321. The van der Waals surface area contributed by atoms with Gasteiger partial charge in [-0.2, -0.15) is 0 Å². The minimum absolute atomic E-state index is 0.0472. The zero-order chi connectivity index (χ0) is 27.9. The number of nitrogens with one attached hydrogen (secondary N) is 2. The van der Waals surface area contributed by atoms with E-state index in [-0.39, 0.29) is 29.6 Å². The standard InChI is InChI=1S/C25H38F3N3O6/c1-7-14(15(32)12-37-25(26,27)28)29-21(34)18-17-13(24(17,5)6)11-31(18)22(35)19(23(2,3)4)30-20(33)16-9-8-10-36-16/h13-14,16-19H,7-12H2,1-6H3,(H,29,34)(H,30,33)/t13-,14-,16+,17-,18-,19+/m0/s1. The van der Waals surface area contributed by atoms with E-state index >= 15 is 0 Å². The molecule has 3 amide bonds. The van der Waals surface area contributed by atoms with E-state index in [2.05, 4.69) is 15.4 Å². The van der Waals surface area contributed by atoms with Gasteiger partial charge < -0.3 is 20.3 Å². The Morgan fingerprint density at radius 3 is 2.27 bits per heavy atom. The van der Waals surface area contributed by atoms with E-state index in [0.29, 0.717) is 19.6 Å². The quantitative estimate of drug-likeness (QED) is 0.470. The van der Waals surface area contributed by atoms with Gasteiger partial charge in [-0.05, 0) is 41.9 Å². The topological polar surface area (TPSA) is 114 Å². The molecule has 2 N–H and O–H groups in total. The molecule has 3 rings (SSSR count). The maximum atomic E-state index is 13.8. The first-order valence-electron chi connectivity index (χ1n) is 12.7. The van der Waals surface area contributed by atoms with E-state index < -0.39 is 60.2 Å². The molecule has 0 spiro atoms. The van der Waals surface area contributed by atoms with Crippen LogP contribution in [0.5, 0.6) is 0 Å². The fourth-order valence-corrected chi connectivity index (χ4v) is 5.57. The molecule has 3 aliphatic rings. The van der Waals surface area contributed by atoms with Crippen LogP contribution in [0.3, 0.4) is 0 Å². The molecule has 2 aliphatic heterocycles. The molecule has 210 valence electrons. The lowest BCUT2D eigenvalue weighted by Crippen LogP contribution is -2.61. The van der Waals surface area contributed by atoms with Gasteiger partial charge in [0.25, 0.3) is 0 Å². The number of carbonyl (C=O) groups excluding carboxylic acids is 4. The number of ether oxygens (including phenoxy) is 2. The molecule has 6 atom stereocenters. The maximum absolute atomic E-state index is 13.8. The molecule has 0 radical (unpaired) electrons. The number of hydrogen-bond donors (Lipinski definition) is 2. The monoisotopic (exact) mass is 533 g/mol. The number of nitrogens with zero attached hydrogens (tertiary/aromatic N) is 1. The summed E-state index contributed by atoms with van der Waals surface area (Å²) < 4.78 is 46.3. The number of ketones is 1. The molecule has 0 aromatic rings. The van der Waals surface area contributed by atoms with Crippen molar-refractivity contribution in [1.82, 2.24) is 15.5 Å². The molecule has 0 aromatic heterocycles. The highest BCUT2D eigenvalue weighted by atomic mass is 19.4. The Morgan fingerprint density at radius 1 is 1.11 bits per heavy atom. The first-order valence-corrected chi connectivity index (χ1v) is 12.7. The first kappa shape index (κ1) is 29.3. The number of hydrogen-bond acceptors (Lipinski definition) is 6. The molecule has 1 aliphatic carbocycles. The van der Waals surface area contributed by atoms with Crippen LogP contribution in [0.15, 0.2) is 0 Å². The minimum Gasteiger partial charge on any atom is -0.368 e. The van der Waals surface area contributed by atoms with Crippen LogP contribution < -0.4 is 10.6 Å². The maximum Gasteiger partial charge on any atom is 0.522 e. The second kappa shape index (κ2) is 10.5. The van der Waals surface area contributed by atoms with Gasteiger partial charge in [0.05, 0.1) is 6.04 Å². The number of likely N-dealkylation sites (tertiary alicyclic amines) is 1. The molecule has 2 heterocycles. The highest BCUT2D eigenvalue weighted by Crippen LogP contribution is 2.65. The number of rotatable bonds is 9. The summed E-state index contributed by atoms with van der Waals surface area (Å²) in [6.45, 7) is 10.6. The average Bonchev–Trinajstić information content (AvgIpc) is 3.25. The van der Waals surface area contributed by atoms with Crippen LogP contribution in [0, 0.1) is 22.7 Å². The van der Waals surface area contributed by atoms with Gasteiger partial charge in [0.15, 0.2) is 5.78 Å². The van der Waals surface area contributed by atoms with Crippen molar-refractivity contribution in [3.8, 4) is 0 Å². The predicted octanol–water partition coefficient (Wildman–Crippen LogP) is 2.18. The molecule has 1 saturated carbocycles. The Hall–Kier alpha value is -2.21. The van der Waals surface area contributed by atoms with Crippen LogP contribution in [0.1, 0.15) is 60.8 Å². The number of carbonyl (C=O) groups is 4. The Kier molecular flexibility index (Phi) is 8.34. The molecule has 9 nitrogen and oxygen atoms in total. The SMILES string of the molecule is CC[C@H](NC(=O)[C@@H]1[C@@H]2[C@H](CN1C(=O)[C@@H](NC(=O)[C@H]1CCCO1)C(C)(C)C)C2(C)C)C(=O)COC(F)(F)F. The highest BCUT2D eigenvalue weighted by Gasteiger charge is 2.69. The van der Waals surface area contributed by atoms with Crippen LogP contribution in [0.25, 0.3) is 0 Å². The Labute approximate surface area is 215 Å². The molecule has 3 fully saturated rings. The molecule has 12 heteroatoms. The van der Waals surface area contributed by atoms with Gasteiger partial charge in [0.2, 0.25) is 17.7 Å². The fraction of sp³-hybridized carbons (Fsp3) is 0.840. The summed E-state index contributed by atoms with van der Waals surface area (Å²) >= 11 is 0. The van der Waals surface area contributed by atoms with E-state index in [9.17, 15) is 32.3 Å². The van der Waals surface area contributed by atoms with Crippen molar-refractivity contribution in [2.45, 2.75) is 91.4 Å². The number of alkyl halides is 3. The van der Waals surface area contributed by atoms with Gasteiger partial charge in [-0.25, -0.2) is 0 Å². The lowest BCUT2D eigenvalue weighted by Gasteiger charge is -2.38. The summed E-state index contributed by atoms with van der Waals surface area (Å²) in [4.78, 5) is 53.8. The normalized spacial score (nSPS) is 28.3. The number of halogens is 3. The number of fused-ring (bicyclic) bond motifs is 1. The summed E-state index contributed by atoms with van der Waals surface area (Å²) in [5, 5.41) is 5.37. The van der Waals surface area contributed by atoms with Gasteiger partial charge >= 0.3 is 6.36 Å². The van der Waals surface area contributed by atoms with Crippen LogP contribution >= 0.6 is 0 Å². The molecule has 37 heavy (non-hydrogen) atoms. The van der Waals surface area contributed by atoms with E-state index in [1.807, 2.05) is 34.6 Å². The van der Waals surface area contributed by atoms with E-state index in [1.165, 1.54) is 4.90 Å². The van der Waals surface area contributed by atoms with Crippen molar-refractivity contribution in [2.75, 3.05) is 19.8 Å². The van der Waals surface area contributed by atoms with Crippen molar-refractivity contribution in [3.63, 3.8) is 0 Å². The van der Waals surface area contributed by atoms with Gasteiger partial charge in [0, 0.05) is 13.2 Å². The summed E-state index contributed by atoms with van der Waals surface area (Å²) in [6.07, 6.45) is -4.21. The van der Waals surface area contributed by atoms with Gasteiger partial charge in [0.1, 0.15) is 24.8 Å². The second-order valence-corrected chi connectivity index (χ2v) is 11.9. The fourth-order valence-electron chi connectivity index (χ4n) is 5.57. The zero-order valence-corrected chi connectivity index (χ0v) is 22.2. The van der Waals surface area contributed by atoms with Crippen LogP contribution in [0.4, 0.5) is 13.2 Å². The van der Waals surface area contributed by atoms with Gasteiger partial charge in [-0.1, -0.05) is 41.5 Å². The third kappa shape index (κ3) is 6.45. The number of amides is 3. The van der Waals surface area contributed by atoms with Crippen LogP contribution in [-0.4, -0.2) is 78.8 Å². The number of Topliss-reactive ketones (excluding diaryl/α,β-unsaturated/α-hetero) is 1. The summed E-state index contributed by atoms with van der Waals surface area (Å²) in [5.74, 6) is -2.43. The van der Waals surface area contributed by atoms with Crippen molar-refractivity contribution >= 4 is 23.5 Å². The largest absolute Gasteiger partial charge is 0.522 e. The lowest BCUT2D eigenvalue weighted by atomic mass is 9.85. The molecular formula is C25H38F3N3O6. The molecule has 0 aromatic carbocycles. The molecule has 0 unspecified atom stereocenters. The van der Waals surface area contributed by atoms with Crippen molar-refractivity contribution in [2.24, 2.45) is 22.7 Å². The summed E-state index contributed by atoms with van der Waals surface area (Å²) in [7, 11) is 0. The molecular weight excluding hydrogens is 495 g/mol. The van der Waals surface area contributed by atoms with Crippen LogP contribution in [0.2, 0.25) is 0 Å². The minimum atomic E-state index is -4.96. The Balaban J connectivity index is 1.77.